The summed E-state index contributed by atoms with van der Waals surface area (Å²) < 4.78 is 0. The lowest BCUT2D eigenvalue weighted by Gasteiger charge is -2.19. The summed E-state index contributed by atoms with van der Waals surface area (Å²) in [4.78, 5) is 0. The molecule has 2 unspecified atom stereocenters. The van der Waals surface area contributed by atoms with Crippen LogP contribution in [0.15, 0.2) is 97.1 Å². The van der Waals surface area contributed by atoms with Crippen LogP contribution in [0.3, 0.4) is 0 Å². The first-order valence-corrected chi connectivity index (χ1v) is 28.5. The number of rotatable bonds is 41. The molecule has 4 N–H and O–H groups in total. The maximum absolute atomic E-state index is 6.06. The summed E-state index contributed by atoms with van der Waals surface area (Å²) in [6.45, 7) is 4.60. The van der Waals surface area contributed by atoms with Crippen molar-refractivity contribution < 1.29 is 0 Å². The van der Waals surface area contributed by atoms with Crippen LogP contribution in [0.4, 0.5) is 11.4 Å². The van der Waals surface area contributed by atoms with Gasteiger partial charge in [-0.25, -0.2) is 0 Å². The molecule has 366 valence electrons. The van der Waals surface area contributed by atoms with Crippen LogP contribution in [-0.4, -0.2) is 0 Å². The molecular formula is C64H100N2. The molecule has 2 heteroatoms. The van der Waals surface area contributed by atoms with Gasteiger partial charge in [-0.3, -0.25) is 0 Å². The highest BCUT2D eigenvalue weighted by molar-refractivity contribution is 5.44. The minimum Gasteiger partial charge on any atom is -0.399 e. The van der Waals surface area contributed by atoms with E-state index in [4.69, 9.17) is 11.5 Å². The van der Waals surface area contributed by atoms with Gasteiger partial charge in [-0.2, -0.15) is 0 Å². The summed E-state index contributed by atoms with van der Waals surface area (Å²) in [5.74, 6) is 0.935. The predicted molar refractivity (Wildman–Crippen MR) is 294 cm³/mol. The number of nitrogens with two attached hydrogens (primary N) is 2. The molecule has 66 heavy (non-hydrogen) atoms. The van der Waals surface area contributed by atoms with E-state index in [0.717, 1.165) is 11.4 Å². The van der Waals surface area contributed by atoms with Gasteiger partial charge in [-0.15, -0.1) is 0 Å². The Morgan fingerprint density at radius 1 is 0.258 bits per heavy atom. The normalized spacial score (nSPS) is 12.5. The predicted octanol–water partition coefficient (Wildman–Crippen LogP) is 20.2. The van der Waals surface area contributed by atoms with Gasteiger partial charge in [0.15, 0.2) is 0 Å². The van der Waals surface area contributed by atoms with E-state index in [0.29, 0.717) is 11.8 Å². The Balaban J connectivity index is 0.985. The molecule has 0 aromatic heterocycles. The van der Waals surface area contributed by atoms with Gasteiger partial charge in [-0.05, 0) is 96.2 Å². The zero-order chi connectivity index (χ0) is 46.5. The molecule has 0 heterocycles. The number of benzene rings is 4. The lowest BCUT2D eigenvalue weighted by atomic mass is 9.86. The lowest BCUT2D eigenvalue weighted by molar-refractivity contribution is 0.533. The van der Waals surface area contributed by atoms with Crippen LogP contribution >= 0.6 is 0 Å². The van der Waals surface area contributed by atoms with Crippen LogP contribution in [0.2, 0.25) is 0 Å². The summed E-state index contributed by atoms with van der Waals surface area (Å²) in [5.41, 5.74) is 22.6. The fourth-order valence-electron chi connectivity index (χ4n) is 10.4. The van der Waals surface area contributed by atoms with E-state index in [1.807, 2.05) is 0 Å². The summed E-state index contributed by atoms with van der Waals surface area (Å²) in [6, 6.07) is 36.6. The molecule has 2 nitrogen and oxygen atoms in total. The monoisotopic (exact) mass is 897 g/mol. The van der Waals surface area contributed by atoms with Gasteiger partial charge in [-0.1, -0.05) is 279 Å². The average Bonchev–Trinajstić information content (AvgIpc) is 3.34. The maximum Gasteiger partial charge on any atom is 0.0314 e. The maximum atomic E-state index is 6.06. The minimum atomic E-state index is 0.468. The first-order valence-electron chi connectivity index (χ1n) is 28.5. The van der Waals surface area contributed by atoms with Gasteiger partial charge >= 0.3 is 0 Å². The summed E-state index contributed by atoms with van der Waals surface area (Å²) in [7, 11) is 0. The van der Waals surface area contributed by atoms with E-state index in [1.54, 1.807) is 0 Å². The molecule has 0 aliphatic heterocycles. The van der Waals surface area contributed by atoms with Crippen molar-refractivity contribution in [2.24, 2.45) is 0 Å². The number of anilines is 2. The van der Waals surface area contributed by atoms with Gasteiger partial charge in [0, 0.05) is 23.2 Å². The second-order valence-corrected chi connectivity index (χ2v) is 20.6. The van der Waals surface area contributed by atoms with Gasteiger partial charge in [0.1, 0.15) is 0 Å². The molecular weight excluding hydrogens is 797 g/mol. The number of nitrogen functional groups attached to an aromatic ring is 2. The fourth-order valence-corrected chi connectivity index (χ4v) is 10.4. The van der Waals surface area contributed by atoms with Gasteiger partial charge in [0.2, 0.25) is 0 Å². The number of aryl methyl sites for hydroxylation is 2. The number of hydrogen-bond donors (Lipinski definition) is 2. The Kier molecular flexibility index (Phi) is 30.5. The Bertz CT molecular complexity index is 1560. The van der Waals surface area contributed by atoms with Crippen LogP contribution in [-0.2, 0) is 12.8 Å². The van der Waals surface area contributed by atoms with E-state index in [1.165, 1.54) is 265 Å². The molecule has 0 aliphatic rings. The highest BCUT2D eigenvalue weighted by atomic mass is 14.5. The number of unbranched alkanes of at least 4 members (excludes halogenated alkanes) is 29. The smallest absolute Gasteiger partial charge is 0.0314 e. The summed E-state index contributed by atoms with van der Waals surface area (Å²) in [6.07, 6.45) is 49.2. The van der Waals surface area contributed by atoms with Gasteiger partial charge in [0.05, 0.1) is 0 Å². The van der Waals surface area contributed by atoms with Gasteiger partial charge < -0.3 is 11.5 Å². The van der Waals surface area contributed by atoms with Crippen molar-refractivity contribution in [1.82, 2.24) is 0 Å². The zero-order valence-electron chi connectivity index (χ0n) is 43.0. The largest absolute Gasteiger partial charge is 0.399 e. The van der Waals surface area contributed by atoms with Crippen molar-refractivity contribution in [3.8, 4) is 0 Å². The highest BCUT2D eigenvalue weighted by Gasteiger charge is 2.16. The molecule has 4 rings (SSSR count). The zero-order valence-corrected chi connectivity index (χ0v) is 43.0. The quantitative estimate of drug-likeness (QED) is 0.0344. The second-order valence-electron chi connectivity index (χ2n) is 20.6. The van der Waals surface area contributed by atoms with Crippen molar-refractivity contribution in [2.75, 3.05) is 11.5 Å². The summed E-state index contributed by atoms with van der Waals surface area (Å²) >= 11 is 0. The number of hydrogen-bond acceptors (Lipinski definition) is 2. The first-order chi connectivity index (χ1) is 32.6. The Labute approximate surface area is 408 Å². The third-order valence-electron chi connectivity index (χ3n) is 14.8. The molecule has 0 saturated heterocycles. The Morgan fingerprint density at radius 2 is 0.470 bits per heavy atom. The molecule has 0 aliphatic carbocycles. The average molecular weight is 898 g/mol. The van der Waals surface area contributed by atoms with Crippen molar-refractivity contribution in [3.05, 3.63) is 130 Å². The molecule has 0 amide bonds. The molecule has 0 radical (unpaired) electrons. The van der Waals surface area contributed by atoms with Crippen LogP contribution < -0.4 is 11.5 Å². The van der Waals surface area contributed by atoms with E-state index >= 15 is 0 Å². The topological polar surface area (TPSA) is 52.0 Å². The molecule has 0 saturated carbocycles. The molecule has 4 aromatic carbocycles. The standard InChI is InChI=1S/C64H100N2/c1-3-5-7-9-11-19-25-29-33-37-63(59-47-51-61(65)52-48-59)57-43-39-55(40-44-57)35-31-27-23-21-17-15-13-14-16-18-22-24-28-32-36-56-41-45-58(46-42-56)64(60-49-53-62(66)54-50-60)38-34-30-26-20-12-10-8-6-4-2/h39-54,63-64H,3-38,65-66H2,1-2H3. The van der Waals surface area contributed by atoms with Crippen LogP contribution in [0.25, 0.3) is 0 Å². The minimum absolute atomic E-state index is 0.468. The van der Waals surface area contributed by atoms with Gasteiger partial charge in [0.25, 0.3) is 0 Å². The molecule has 0 bridgehead atoms. The van der Waals surface area contributed by atoms with E-state index < -0.39 is 0 Å². The van der Waals surface area contributed by atoms with Crippen molar-refractivity contribution in [3.63, 3.8) is 0 Å². The van der Waals surface area contributed by atoms with Crippen LogP contribution in [0.5, 0.6) is 0 Å². The van der Waals surface area contributed by atoms with E-state index in [9.17, 15) is 0 Å². The van der Waals surface area contributed by atoms with E-state index in [-0.39, 0.29) is 0 Å². The first kappa shape index (κ1) is 55.1. The van der Waals surface area contributed by atoms with Crippen LogP contribution in [0, 0.1) is 0 Å². The molecule has 0 fully saturated rings. The third kappa shape index (κ3) is 24.5. The molecule has 4 aromatic rings. The van der Waals surface area contributed by atoms with Crippen molar-refractivity contribution in [2.45, 2.75) is 257 Å². The second kappa shape index (κ2) is 36.5. The Morgan fingerprint density at radius 3 is 0.727 bits per heavy atom. The summed E-state index contributed by atoms with van der Waals surface area (Å²) in [5, 5.41) is 0. The SMILES string of the molecule is CCCCCCCCCCCC(c1ccc(N)cc1)c1ccc(CCCCCCCCCCCCCCCCc2ccc(C(CCCCCCCCCCC)c3ccc(N)cc3)cc2)cc1. The fraction of sp³-hybridized carbons (Fsp3) is 0.625. The Hall–Kier alpha value is -3.52. The molecule has 2 atom stereocenters. The van der Waals surface area contributed by atoms with Crippen molar-refractivity contribution in [1.29, 1.82) is 0 Å². The molecule has 0 spiro atoms. The third-order valence-corrected chi connectivity index (χ3v) is 14.8. The lowest BCUT2D eigenvalue weighted by Crippen LogP contribution is -2.02. The van der Waals surface area contributed by atoms with Crippen LogP contribution in [0.1, 0.15) is 277 Å². The van der Waals surface area contributed by atoms with E-state index in [2.05, 4.69) is 111 Å². The highest BCUT2D eigenvalue weighted by Crippen LogP contribution is 2.33. The van der Waals surface area contributed by atoms with Crippen molar-refractivity contribution >= 4 is 11.4 Å².